The zero-order valence-corrected chi connectivity index (χ0v) is 18.3. The van der Waals surface area contributed by atoms with Gasteiger partial charge in [0.25, 0.3) is 0 Å². The van der Waals surface area contributed by atoms with Crippen molar-refractivity contribution in [2.75, 3.05) is 6.61 Å². The first-order valence-corrected chi connectivity index (χ1v) is 11.1. The Morgan fingerprint density at radius 3 is 2.45 bits per heavy atom. The van der Waals surface area contributed by atoms with Crippen molar-refractivity contribution in [3.8, 4) is 0 Å². The van der Waals surface area contributed by atoms with Crippen LogP contribution in [0.15, 0.2) is 24.3 Å². The number of aliphatic hydroxyl groups excluding tert-OH is 2. The van der Waals surface area contributed by atoms with E-state index in [9.17, 15) is 29.7 Å². The number of fused-ring (bicyclic) bond motifs is 5. The molecule has 0 aliphatic heterocycles. The zero-order chi connectivity index (χ0) is 23.2. The minimum absolute atomic E-state index is 0.0697. The van der Waals surface area contributed by atoms with E-state index >= 15 is 0 Å². The number of allylic oxidation sites excluding steroid dienone is 1. The van der Waals surface area contributed by atoms with Crippen LogP contribution in [0.25, 0.3) is 0 Å². The van der Waals surface area contributed by atoms with Gasteiger partial charge in [-0.1, -0.05) is 26.0 Å². The molecule has 7 atom stereocenters. The monoisotopic (exact) mass is 434 g/mol. The Bertz CT molecular complexity index is 817. The first-order chi connectivity index (χ1) is 14.4. The van der Waals surface area contributed by atoms with Gasteiger partial charge in [0.1, 0.15) is 12.2 Å². The van der Waals surface area contributed by atoms with Gasteiger partial charge < -0.3 is 20.4 Å². The molecule has 3 fully saturated rings. The van der Waals surface area contributed by atoms with E-state index in [4.69, 9.17) is 5.11 Å². The third-order valence-electron chi connectivity index (χ3n) is 8.83. The molecule has 4 aliphatic carbocycles. The van der Waals surface area contributed by atoms with E-state index < -0.39 is 35.5 Å². The number of carboxylic acids is 1. The number of carbonyl (C=O) groups excluding carboxylic acids is 2. The third-order valence-corrected chi connectivity index (χ3v) is 8.83. The van der Waals surface area contributed by atoms with Gasteiger partial charge in [0.2, 0.25) is 0 Å². The summed E-state index contributed by atoms with van der Waals surface area (Å²) in [5.74, 6) is -0.842. The molecule has 0 spiro atoms. The second kappa shape index (κ2) is 8.26. The van der Waals surface area contributed by atoms with Crippen LogP contribution in [-0.2, 0) is 14.4 Å². The Morgan fingerprint density at radius 1 is 1.23 bits per heavy atom. The molecule has 172 valence electrons. The number of hydrogen-bond donors (Lipinski definition) is 4. The van der Waals surface area contributed by atoms with Gasteiger partial charge in [-0.3, -0.25) is 9.59 Å². The van der Waals surface area contributed by atoms with Crippen molar-refractivity contribution < 1.29 is 34.8 Å². The molecule has 0 aromatic heterocycles. The van der Waals surface area contributed by atoms with Crippen LogP contribution in [0.4, 0.5) is 0 Å². The first kappa shape index (κ1) is 23.8. The predicted octanol–water partition coefficient (Wildman–Crippen LogP) is 2.04. The van der Waals surface area contributed by atoms with Gasteiger partial charge in [0, 0.05) is 17.9 Å². The fraction of sp³-hybridized carbons (Fsp3) is 0.708. The third kappa shape index (κ3) is 3.60. The highest BCUT2D eigenvalue weighted by molar-refractivity contribution is 5.91. The number of carboxylic acid groups (broad SMARTS) is 1. The highest BCUT2D eigenvalue weighted by Crippen LogP contribution is 2.67. The van der Waals surface area contributed by atoms with Crippen LogP contribution in [0.3, 0.4) is 0 Å². The van der Waals surface area contributed by atoms with E-state index in [-0.39, 0.29) is 29.0 Å². The van der Waals surface area contributed by atoms with Crippen LogP contribution in [-0.4, -0.2) is 56.3 Å². The minimum Gasteiger partial charge on any atom is -0.478 e. The number of ketones is 2. The summed E-state index contributed by atoms with van der Waals surface area (Å²) in [4.78, 5) is 33.5. The van der Waals surface area contributed by atoms with E-state index in [1.54, 1.807) is 6.08 Å². The summed E-state index contributed by atoms with van der Waals surface area (Å²) >= 11 is 0. The normalized spacial score (nSPS) is 43.4. The fourth-order valence-corrected chi connectivity index (χ4v) is 7.28. The average Bonchev–Trinajstić information content (AvgIpc) is 2.99. The summed E-state index contributed by atoms with van der Waals surface area (Å²) in [6, 6.07) is 0. The van der Waals surface area contributed by atoms with Crippen molar-refractivity contribution >= 4 is 17.5 Å². The molecule has 4 N–H and O–H groups in total. The molecule has 7 heteroatoms. The molecule has 4 rings (SSSR count). The van der Waals surface area contributed by atoms with Gasteiger partial charge in [-0.2, -0.15) is 0 Å². The number of aliphatic carboxylic acids is 1. The van der Waals surface area contributed by atoms with Crippen LogP contribution in [0.5, 0.6) is 0 Å². The number of Topliss-reactive ketones (excluding diaryl/α,β-unsaturated/α-hetero) is 1. The molecular formula is C24H34O7. The van der Waals surface area contributed by atoms with Crippen molar-refractivity contribution in [2.45, 2.75) is 70.5 Å². The molecule has 0 radical (unpaired) electrons. The lowest BCUT2D eigenvalue weighted by Gasteiger charge is -2.60. The van der Waals surface area contributed by atoms with E-state index in [0.717, 1.165) is 31.8 Å². The highest BCUT2D eigenvalue weighted by atomic mass is 16.4. The minimum atomic E-state index is -1.54. The first-order valence-electron chi connectivity index (χ1n) is 11.1. The summed E-state index contributed by atoms with van der Waals surface area (Å²) in [5, 5.41) is 39.3. The van der Waals surface area contributed by atoms with Crippen molar-refractivity contribution in [3.05, 3.63) is 24.3 Å². The molecular weight excluding hydrogens is 400 g/mol. The van der Waals surface area contributed by atoms with E-state index in [1.807, 2.05) is 6.92 Å². The van der Waals surface area contributed by atoms with Gasteiger partial charge in [0.05, 0.1) is 6.10 Å². The molecule has 3 saturated carbocycles. The van der Waals surface area contributed by atoms with Gasteiger partial charge in [-0.25, -0.2) is 4.79 Å². The Morgan fingerprint density at radius 2 is 1.87 bits per heavy atom. The van der Waals surface area contributed by atoms with Crippen LogP contribution >= 0.6 is 0 Å². The molecule has 0 aromatic carbocycles. The Labute approximate surface area is 182 Å². The molecule has 0 saturated heterocycles. The number of rotatable bonds is 3. The summed E-state index contributed by atoms with van der Waals surface area (Å²) in [5.41, 5.74) is -1.23. The maximum Gasteiger partial charge on any atom is 0.327 e. The second-order valence-electron chi connectivity index (χ2n) is 10.1. The second-order valence-corrected chi connectivity index (χ2v) is 10.1. The Balaban J connectivity index is 0.000000491. The molecule has 0 amide bonds. The maximum atomic E-state index is 12.4. The van der Waals surface area contributed by atoms with Crippen LogP contribution in [0, 0.1) is 28.6 Å². The molecule has 4 aliphatic rings. The summed E-state index contributed by atoms with van der Waals surface area (Å²) in [6.07, 6.45) is 6.57. The lowest BCUT2D eigenvalue weighted by atomic mass is 9.45. The maximum absolute atomic E-state index is 12.4. The number of aliphatic hydroxyl groups is 3. The largest absolute Gasteiger partial charge is 0.478 e. The van der Waals surface area contributed by atoms with E-state index in [2.05, 4.69) is 13.5 Å². The van der Waals surface area contributed by atoms with E-state index in [1.165, 1.54) is 5.57 Å². The lowest BCUT2D eigenvalue weighted by Crippen LogP contribution is -2.62. The topological polar surface area (TPSA) is 132 Å². The molecule has 0 unspecified atom stereocenters. The molecule has 7 nitrogen and oxygen atoms in total. The molecule has 31 heavy (non-hydrogen) atoms. The van der Waals surface area contributed by atoms with Gasteiger partial charge in [0.15, 0.2) is 11.6 Å². The van der Waals surface area contributed by atoms with E-state index in [0.29, 0.717) is 19.3 Å². The highest BCUT2D eigenvalue weighted by Gasteiger charge is 2.68. The Kier molecular flexibility index (Phi) is 6.35. The zero-order valence-electron chi connectivity index (χ0n) is 18.3. The number of carbonyl (C=O) groups is 3. The number of hydrogen-bond acceptors (Lipinski definition) is 6. The lowest BCUT2D eigenvalue weighted by molar-refractivity contribution is -0.182. The Hall–Kier alpha value is -1.83. The summed E-state index contributed by atoms with van der Waals surface area (Å²) < 4.78 is 0. The summed E-state index contributed by atoms with van der Waals surface area (Å²) in [6.45, 7) is 6.42. The van der Waals surface area contributed by atoms with Crippen molar-refractivity contribution in [2.24, 2.45) is 28.6 Å². The van der Waals surface area contributed by atoms with Crippen LogP contribution in [0.1, 0.15) is 58.8 Å². The van der Waals surface area contributed by atoms with Crippen LogP contribution < -0.4 is 0 Å². The quantitative estimate of drug-likeness (QED) is 0.500. The molecule has 0 heterocycles. The van der Waals surface area contributed by atoms with Crippen molar-refractivity contribution in [1.82, 2.24) is 0 Å². The van der Waals surface area contributed by atoms with Crippen molar-refractivity contribution in [1.29, 1.82) is 0 Å². The standard InChI is InChI=1S/C21H30O5.C3H4O2/c1-19-7-5-13(23)9-12(19)3-4-14-15-6-8-21(26,17(25)11-22)20(15,2)10-16(24)18(14)19;1-2-3(4)5/h9,14-16,18,22,24,26H,3-8,10-11H2,1-2H3;2H,1H2,(H,4,5)/t14-,15-,16-,18+,19-,20-,21-;/m0./s1. The van der Waals surface area contributed by atoms with Gasteiger partial charge in [-0.05, 0) is 67.8 Å². The predicted molar refractivity (Wildman–Crippen MR) is 113 cm³/mol. The van der Waals surface area contributed by atoms with Gasteiger partial charge >= 0.3 is 5.97 Å². The molecule has 0 aromatic rings. The smallest absolute Gasteiger partial charge is 0.327 e. The van der Waals surface area contributed by atoms with Crippen LogP contribution in [0.2, 0.25) is 0 Å². The van der Waals surface area contributed by atoms with Crippen molar-refractivity contribution in [3.63, 3.8) is 0 Å². The van der Waals surface area contributed by atoms with Gasteiger partial charge in [-0.15, -0.1) is 0 Å². The molecule has 0 bridgehead atoms. The summed E-state index contributed by atoms with van der Waals surface area (Å²) in [7, 11) is 0. The SMILES string of the molecule is C=CC(=O)O.C[C@]12CCC(=O)C=C1CC[C@@H]1[C@@H]2[C@@H](O)C[C@@]2(C)[C@H]1CC[C@]2(O)C(=O)CO. The fourth-order valence-electron chi connectivity index (χ4n) is 7.28. The average molecular weight is 435 g/mol.